The predicted octanol–water partition coefficient (Wildman–Crippen LogP) is 5.95. The lowest BCUT2D eigenvalue weighted by atomic mass is 9.94. The number of anilines is 1. The van der Waals surface area contributed by atoms with E-state index in [1.165, 1.54) is 16.9 Å². The van der Waals surface area contributed by atoms with Crippen molar-refractivity contribution in [2.75, 3.05) is 12.3 Å². The smallest absolute Gasteiger partial charge is 0.181 e. The van der Waals surface area contributed by atoms with Gasteiger partial charge in [0.15, 0.2) is 5.13 Å². The van der Waals surface area contributed by atoms with Crippen LogP contribution in [0.4, 0.5) is 5.13 Å². The van der Waals surface area contributed by atoms with Crippen LogP contribution in [0.1, 0.15) is 31.9 Å². The summed E-state index contributed by atoms with van der Waals surface area (Å²) >= 11 is 1.47. The number of rotatable bonds is 4. The van der Waals surface area contributed by atoms with Crippen LogP contribution >= 0.6 is 11.3 Å². The Labute approximate surface area is 169 Å². The number of aromatic nitrogens is 1. The number of fused-ring (bicyclic) bond motifs is 1. The van der Waals surface area contributed by atoms with Gasteiger partial charge in [0.1, 0.15) is 17.1 Å². The standard InChI is InChI=1S/C23H24N2O2S/c1-5-26-18-9-7-6-8-16(18)21-19(25-22(24)28-21)17-11-10-14(2)15-12-13-23(3,4)27-20(15)17/h6-13H,5H2,1-4H3,(H2,24,25). The van der Waals surface area contributed by atoms with Gasteiger partial charge >= 0.3 is 0 Å². The zero-order chi connectivity index (χ0) is 19.9. The van der Waals surface area contributed by atoms with E-state index in [1.807, 2.05) is 31.2 Å². The third-order valence-electron chi connectivity index (χ3n) is 4.76. The van der Waals surface area contributed by atoms with Crippen molar-refractivity contribution in [3.8, 4) is 33.2 Å². The highest BCUT2D eigenvalue weighted by Crippen LogP contribution is 2.47. The molecule has 0 saturated carbocycles. The second kappa shape index (κ2) is 6.99. The van der Waals surface area contributed by atoms with Gasteiger partial charge in [0.25, 0.3) is 0 Å². The molecule has 0 radical (unpaired) electrons. The minimum Gasteiger partial charge on any atom is -0.493 e. The van der Waals surface area contributed by atoms with Crippen molar-refractivity contribution >= 4 is 22.5 Å². The number of hydrogen-bond acceptors (Lipinski definition) is 5. The maximum atomic E-state index is 6.37. The average Bonchev–Trinajstić information content (AvgIpc) is 3.03. The first-order chi connectivity index (χ1) is 13.4. The lowest BCUT2D eigenvalue weighted by Crippen LogP contribution is -2.28. The van der Waals surface area contributed by atoms with Gasteiger partial charge in [0, 0.05) is 16.7 Å². The summed E-state index contributed by atoms with van der Waals surface area (Å²) in [4.78, 5) is 5.67. The monoisotopic (exact) mass is 392 g/mol. The second-order valence-corrected chi connectivity index (χ2v) is 8.40. The van der Waals surface area contributed by atoms with Gasteiger partial charge < -0.3 is 15.2 Å². The van der Waals surface area contributed by atoms with Crippen LogP contribution in [0, 0.1) is 6.92 Å². The molecule has 0 amide bonds. The van der Waals surface area contributed by atoms with Crippen LogP contribution < -0.4 is 15.2 Å². The van der Waals surface area contributed by atoms with Gasteiger partial charge in [0.2, 0.25) is 0 Å². The molecule has 4 rings (SSSR count). The molecule has 28 heavy (non-hydrogen) atoms. The van der Waals surface area contributed by atoms with E-state index >= 15 is 0 Å². The SMILES string of the molecule is CCOc1ccccc1-c1sc(N)nc1-c1ccc(C)c2c1OC(C)(C)C=C2. The number of aryl methyl sites for hydroxylation is 1. The highest BCUT2D eigenvalue weighted by molar-refractivity contribution is 7.19. The van der Waals surface area contributed by atoms with Gasteiger partial charge in [-0.3, -0.25) is 0 Å². The maximum Gasteiger partial charge on any atom is 0.181 e. The molecule has 2 aromatic carbocycles. The van der Waals surface area contributed by atoms with Gasteiger partial charge in [-0.2, -0.15) is 0 Å². The number of ether oxygens (including phenoxy) is 2. The Kier molecular flexibility index (Phi) is 4.63. The highest BCUT2D eigenvalue weighted by atomic mass is 32.1. The van der Waals surface area contributed by atoms with Crippen LogP contribution in [0.2, 0.25) is 0 Å². The van der Waals surface area contributed by atoms with Crippen molar-refractivity contribution < 1.29 is 9.47 Å². The first kappa shape index (κ1) is 18.6. The first-order valence-corrected chi connectivity index (χ1v) is 10.2. The molecule has 0 atom stereocenters. The fourth-order valence-corrected chi connectivity index (χ4v) is 4.30. The molecular formula is C23H24N2O2S. The molecule has 1 aliphatic rings. The zero-order valence-electron chi connectivity index (χ0n) is 16.6. The number of benzene rings is 2. The number of nitrogen functional groups attached to an aromatic ring is 1. The van der Waals surface area contributed by atoms with Gasteiger partial charge in [-0.1, -0.05) is 35.6 Å². The molecule has 0 spiro atoms. The molecule has 3 aromatic rings. The zero-order valence-corrected chi connectivity index (χ0v) is 17.4. The van der Waals surface area contributed by atoms with Crippen LogP contribution in [0.25, 0.3) is 27.8 Å². The minimum atomic E-state index is -0.375. The van der Waals surface area contributed by atoms with Crippen LogP contribution in [0.15, 0.2) is 42.5 Å². The molecule has 1 aromatic heterocycles. The minimum absolute atomic E-state index is 0.375. The Bertz CT molecular complexity index is 1070. The number of para-hydroxylation sites is 1. The lowest BCUT2D eigenvalue weighted by molar-refractivity contribution is 0.160. The largest absolute Gasteiger partial charge is 0.493 e. The Morgan fingerprint density at radius 1 is 1.14 bits per heavy atom. The summed E-state index contributed by atoms with van der Waals surface area (Å²) in [6.45, 7) is 8.79. The molecule has 144 valence electrons. The van der Waals surface area contributed by atoms with Gasteiger partial charge in [-0.05, 0) is 57.5 Å². The van der Waals surface area contributed by atoms with E-state index in [0.29, 0.717) is 11.7 Å². The summed E-state index contributed by atoms with van der Waals surface area (Å²) in [5.74, 6) is 1.69. The summed E-state index contributed by atoms with van der Waals surface area (Å²) < 4.78 is 12.2. The van der Waals surface area contributed by atoms with E-state index in [0.717, 1.165) is 38.8 Å². The van der Waals surface area contributed by atoms with Crippen LogP contribution in [-0.2, 0) is 0 Å². The normalized spacial score (nSPS) is 14.4. The number of thiazole rings is 1. The van der Waals surface area contributed by atoms with E-state index in [2.05, 4.69) is 50.0 Å². The Hall–Kier alpha value is -2.79. The number of hydrogen-bond donors (Lipinski definition) is 1. The van der Waals surface area contributed by atoms with E-state index in [-0.39, 0.29) is 5.60 Å². The molecule has 0 bridgehead atoms. The van der Waals surface area contributed by atoms with Crippen molar-refractivity contribution in [3.63, 3.8) is 0 Å². The number of nitrogens with zero attached hydrogens (tertiary/aromatic N) is 1. The van der Waals surface area contributed by atoms with Crippen LogP contribution in [0.5, 0.6) is 11.5 Å². The number of nitrogens with two attached hydrogens (primary N) is 1. The molecule has 2 heterocycles. The molecule has 0 unspecified atom stereocenters. The van der Waals surface area contributed by atoms with Crippen LogP contribution in [-0.4, -0.2) is 17.2 Å². The summed E-state index contributed by atoms with van der Waals surface area (Å²) in [5, 5.41) is 0.524. The second-order valence-electron chi connectivity index (χ2n) is 7.37. The van der Waals surface area contributed by atoms with Crippen molar-refractivity contribution in [3.05, 3.63) is 53.6 Å². The molecular weight excluding hydrogens is 368 g/mol. The van der Waals surface area contributed by atoms with E-state index in [4.69, 9.17) is 15.2 Å². The molecule has 0 aliphatic carbocycles. The quantitative estimate of drug-likeness (QED) is 0.596. The Morgan fingerprint density at radius 3 is 2.71 bits per heavy atom. The van der Waals surface area contributed by atoms with Crippen molar-refractivity contribution in [2.45, 2.75) is 33.3 Å². The first-order valence-electron chi connectivity index (χ1n) is 9.40. The fraction of sp³-hybridized carbons (Fsp3) is 0.261. The molecule has 1 aliphatic heterocycles. The summed E-state index contributed by atoms with van der Waals surface area (Å²) in [6.07, 6.45) is 4.23. The van der Waals surface area contributed by atoms with Gasteiger partial charge in [0.05, 0.1) is 17.2 Å². The fourth-order valence-electron chi connectivity index (χ4n) is 3.42. The van der Waals surface area contributed by atoms with Gasteiger partial charge in [-0.15, -0.1) is 0 Å². The van der Waals surface area contributed by atoms with Crippen molar-refractivity contribution in [1.82, 2.24) is 4.98 Å². The molecule has 2 N–H and O–H groups in total. The topological polar surface area (TPSA) is 57.4 Å². The lowest BCUT2D eigenvalue weighted by Gasteiger charge is -2.30. The maximum absolute atomic E-state index is 6.37. The molecule has 0 saturated heterocycles. The predicted molar refractivity (Wildman–Crippen MR) is 117 cm³/mol. The van der Waals surface area contributed by atoms with Crippen molar-refractivity contribution in [2.24, 2.45) is 0 Å². The Balaban J connectivity index is 1.94. The van der Waals surface area contributed by atoms with Crippen LogP contribution in [0.3, 0.4) is 0 Å². The summed E-state index contributed by atoms with van der Waals surface area (Å²) in [6, 6.07) is 12.2. The highest BCUT2D eigenvalue weighted by Gasteiger charge is 2.28. The third kappa shape index (κ3) is 3.27. The van der Waals surface area contributed by atoms with Gasteiger partial charge in [-0.25, -0.2) is 4.98 Å². The summed E-state index contributed by atoms with van der Waals surface area (Å²) in [5.41, 5.74) is 10.8. The van der Waals surface area contributed by atoms with E-state index in [1.54, 1.807) is 0 Å². The average molecular weight is 393 g/mol. The summed E-state index contributed by atoms with van der Waals surface area (Å²) in [7, 11) is 0. The Morgan fingerprint density at radius 2 is 1.93 bits per heavy atom. The molecule has 4 nitrogen and oxygen atoms in total. The van der Waals surface area contributed by atoms with E-state index < -0.39 is 0 Å². The third-order valence-corrected chi connectivity index (χ3v) is 5.68. The molecule has 0 fully saturated rings. The van der Waals surface area contributed by atoms with Crippen molar-refractivity contribution in [1.29, 1.82) is 0 Å². The molecule has 5 heteroatoms. The van der Waals surface area contributed by atoms with E-state index in [9.17, 15) is 0 Å².